The topological polar surface area (TPSA) is 61.3 Å². The zero-order valence-corrected chi connectivity index (χ0v) is 14.7. The molecule has 0 amide bonds. The molecule has 6 heteroatoms. The van der Waals surface area contributed by atoms with E-state index in [0.717, 1.165) is 36.1 Å². The molecule has 1 aliphatic rings. The van der Waals surface area contributed by atoms with Crippen molar-refractivity contribution in [3.63, 3.8) is 0 Å². The van der Waals surface area contributed by atoms with Crippen molar-refractivity contribution in [3.8, 4) is 5.75 Å². The smallest absolute Gasteiger partial charge is 0.159 e. The van der Waals surface area contributed by atoms with Gasteiger partial charge in [-0.3, -0.25) is 4.99 Å². The zero-order chi connectivity index (χ0) is 16.8. The van der Waals surface area contributed by atoms with Crippen LogP contribution in [0.25, 0.3) is 0 Å². The van der Waals surface area contributed by atoms with Crippen molar-refractivity contribution in [1.82, 2.24) is 10.2 Å². The molecule has 0 fully saturated rings. The Bertz CT molecular complexity index is 595. The number of para-hydroxylation sites is 1. The Balaban J connectivity index is 1.86. The molecule has 1 aliphatic heterocycles. The van der Waals surface area contributed by atoms with E-state index in [-0.39, 0.29) is 6.17 Å². The standard InChI is InChI=1S/C17H27N5O/c1-12(20-13(2)21-14(3)22(4)5)18-10-9-15-7-6-8-16-17(15)19-11-23-16/h6-8,13,19H,9-11H2,1-5H3,(H,18,20). The second-order valence-corrected chi connectivity index (χ2v) is 5.86. The molecular formula is C17H27N5O. The third-order valence-corrected chi connectivity index (χ3v) is 3.76. The molecule has 0 bridgehead atoms. The summed E-state index contributed by atoms with van der Waals surface area (Å²) in [5.41, 5.74) is 2.35. The molecule has 2 rings (SSSR count). The fourth-order valence-corrected chi connectivity index (χ4v) is 2.41. The largest absolute Gasteiger partial charge is 0.471 e. The monoisotopic (exact) mass is 317 g/mol. The molecule has 1 atom stereocenters. The van der Waals surface area contributed by atoms with Gasteiger partial charge in [-0.2, -0.15) is 0 Å². The molecule has 1 aromatic carbocycles. The number of amidine groups is 2. The van der Waals surface area contributed by atoms with Crippen LogP contribution in [0.1, 0.15) is 26.3 Å². The minimum atomic E-state index is 0.0113. The van der Waals surface area contributed by atoms with Crippen molar-refractivity contribution in [3.05, 3.63) is 23.8 Å². The molecule has 1 aromatic rings. The van der Waals surface area contributed by atoms with E-state index in [9.17, 15) is 0 Å². The predicted octanol–water partition coefficient (Wildman–Crippen LogP) is 2.32. The Morgan fingerprint density at radius 3 is 2.91 bits per heavy atom. The fourth-order valence-electron chi connectivity index (χ4n) is 2.41. The van der Waals surface area contributed by atoms with Gasteiger partial charge in [0.25, 0.3) is 0 Å². The number of fused-ring (bicyclic) bond motifs is 1. The van der Waals surface area contributed by atoms with Gasteiger partial charge in [-0.25, -0.2) is 4.99 Å². The first-order valence-electron chi connectivity index (χ1n) is 7.95. The van der Waals surface area contributed by atoms with Crippen molar-refractivity contribution in [2.24, 2.45) is 9.98 Å². The van der Waals surface area contributed by atoms with Crippen LogP contribution >= 0.6 is 0 Å². The summed E-state index contributed by atoms with van der Waals surface area (Å²) in [7, 11) is 3.98. The van der Waals surface area contributed by atoms with Gasteiger partial charge >= 0.3 is 0 Å². The van der Waals surface area contributed by atoms with Crippen LogP contribution in [-0.2, 0) is 6.42 Å². The van der Waals surface area contributed by atoms with E-state index in [1.165, 1.54) is 5.56 Å². The van der Waals surface area contributed by atoms with Crippen LogP contribution in [0.15, 0.2) is 28.2 Å². The number of anilines is 1. The van der Waals surface area contributed by atoms with Crippen LogP contribution in [0.4, 0.5) is 5.69 Å². The molecule has 0 spiro atoms. The summed E-state index contributed by atoms with van der Waals surface area (Å²) < 4.78 is 5.50. The number of ether oxygens (including phenoxy) is 1. The Morgan fingerprint density at radius 1 is 1.39 bits per heavy atom. The van der Waals surface area contributed by atoms with Crippen LogP contribution in [0.2, 0.25) is 0 Å². The molecule has 6 nitrogen and oxygen atoms in total. The average Bonchev–Trinajstić information content (AvgIpc) is 2.96. The summed E-state index contributed by atoms with van der Waals surface area (Å²) in [6.07, 6.45) is 0.893. The third kappa shape index (κ3) is 4.87. The molecule has 23 heavy (non-hydrogen) atoms. The van der Waals surface area contributed by atoms with Gasteiger partial charge in [0, 0.05) is 20.6 Å². The van der Waals surface area contributed by atoms with Crippen LogP contribution in [0, 0.1) is 0 Å². The van der Waals surface area contributed by atoms with Crippen LogP contribution in [0.3, 0.4) is 0 Å². The second-order valence-electron chi connectivity index (χ2n) is 5.86. The number of benzene rings is 1. The van der Waals surface area contributed by atoms with Crippen molar-refractivity contribution in [2.45, 2.75) is 33.4 Å². The fraction of sp³-hybridized carbons (Fsp3) is 0.529. The first-order valence-corrected chi connectivity index (χ1v) is 7.95. The van der Waals surface area contributed by atoms with Gasteiger partial charge in [-0.1, -0.05) is 12.1 Å². The first-order chi connectivity index (χ1) is 11.0. The maximum Gasteiger partial charge on any atom is 0.159 e. The summed E-state index contributed by atoms with van der Waals surface area (Å²) in [5, 5.41) is 6.56. The van der Waals surface area contributed by atoms with Crippen LogP contribution in [0.5, 0.6) is 5.75 Å². The summed E-state index contributed by atoms with van der Waals surface area (Å²) in [4.78, 5) is 11.1. The molecule has 0 saturated heterocycles. The first kappa shape index (κ1) is 17.1. The Morgan fingerprint density at radius 2 is 2.17 bits per heavy atom. The van der Waals surface area contributed by atoms with E-state index in [2.05, 4.69) is 26.7 Å². The minimum Gasteiger partial charge on any atom is -0.471 e. The molecule has 1 unspecified atom stereocenters. The van der Waals surface area contributed by atoms with E-state index < -0.39 is 0 Å². The zero-order valence-electron chi connectivity index (χ0n) is 14.7. The van der Waals surface area contributed by atoms with Crippen molar-refractivity contribution < 1.29 is 4.74 Å². The maximum absolute atomic E-state index is 5.50. The average molecular weight is 317 g/mol. The van der Waals surface area contributed by atoms with Gasteiger partial charge in [-0.05, 0) is 38.8 Å². The summed E-state index contributed by atoms with van der Waals surface area (Å²) >= 11 is 0. The molecule has 0 aromatic heterocycles. The second kappa shape index (κ2) is 7.85. The third-order valence-electron chi connectivity index (χ3n) is 3.76. The maximum atomic E-state index is 5.50. The molecule has 0 radical (unpaired) electrons. The lowest BCUT2D eigenvalue weighted by Crippen LogP contribution is -2.32. The highest BCUT2D eigenvalue weighted by atomic mass is 16.5. The van der Waals surface area contributed by atoms with Crippen LogP contribution in [-0.4, -0.2) is 50.1 Å². The number of hydrogen-bond donors (Lipinski definition) is 2. The molecule has 2 N–H and O–H groups in total. The van der Waals surface area contributed by atoms with E-state index in [0.29, 0.717) is 6.73 Å². The number of nitrogens with one attached hydrogen (secondary N) is 2. The van der Waals surface area contributed by atoms with Crippen molar-refractivity contribution in [2.75, 3.05) is 32.7 Å². The molecule has 126 valence electrons. The van der Waals surface area contributed by atoms with E-state index in [1.54, 1.807) is 0 Å². The van der Waals surface area contributed by atoms with E-state index >= 15 is 0 Å². The van der Waals surface area contributed by atoms with Gasteiger partial charge in [0.15, 0.2) is 6.73 Å². The summed E-state index contributed by atoms with van der Waals surface area (Å²) in [6.45, 7) is 7.29. The summed E-state index contributed by atoms with van der Waals surface area (Å²) in [5.74, 6) is 2.83. The number of nitrogens with zero attached hydrogens (tertiary/aromatic N) is 3. The van der Waals surface area contributed by atoms with Gasteiger partial charge in [-0.15, -0.1) is 0 Å². The van der Waals surface area contributed by atoms with Gasteiger partial charge < -0.3 is 20.3 Å². The lowest BCUT2D eigenvalue weighted by atomic mass is 10.1. The quantitative estimate of drug-likeness (QED) is 0.646. The van der Waals surface area contributed by atoms with E-state index in [1.807, 2.05) is 51.9 Å². The molecule has 1 heterocycles. The van der Waals surface area contributed by atoms with Gasteiger partial charge in [0.05, 0.1) is 17.4 Å². The molecule has 0 saturated carbocycles. The predicted molar refractivity (Wildman–Crippen MR) is 96.6 cm³/mol. The number of hydrogen-bond acceptors (Lipinski definition) is 4. The summed E-state index contributed by atoms with van der Waals surface area (Å²) in [6, 6.07) is 6.13. The number of aliphatic imine (C=N–C) groups is 2. The Hall–Kier alpha value is -2.24. The highest BCUT2D eigenvalue weighted by Gasteiger charge is 2.14. The van der Waals surface area contributed by atoms with Gasteiger partial charge in [0.1, 0.15) is 11.9 Å². The Kier molecular flexibility index (Phi) is 5.84. The molecular weight excluding hydrogens is 290 g/mol. The molecule has 0 aliphatic carbocycles. The highest BCUT2D eigenvalue weighted by Crippen LogP contribution is 2.32. The van der Waals surface area contributed by atoms with Crippen molar-refractivity contribution >= 4 is 17.4 Å². The highest BCUT2D eigenvalue weighted by molar-refractivity contribution is 5.81. The minimum absolute atomic E-state index is 0.0113. The van der Waals surface area contributed by atoms with E-state index in [4.69, 9.17) is 4.74 Å². The van der Waals surface area contributed by atoms with Crippen molar-refractivity contribution in [1.29, 1.82) is 0 Å². The normalized spacial score (nSPS) is 15.5. The lowest BCUT2D eigenvalue weighted by Gasteiger charge is -2.16. The lowest BCUT2D eigenvalue weighted by molar-refractivity contribution is 0.372. The Labute approximate surface area is 138 Å². The van der Waals surface area contributed by atoms with Crippen LogP contribution < -0.4 is 15.4 Å². The number of rotatable bonds is 5. The van der Waals surface area contributed by atoms with Gasteiger partial charge in [0.2, 0.25) is 0 Å². The SMILES string of the molecule is CC(=NCCc1cccc2c1NCO2)NC(C)N=C(C)N(C)C.